The lowest BCUT2D eigenvalue weighted by molar-refractivity contribution is 0.630. The van der Waals surface area contributed by atoms with Crippen LogP contribution in [0.25, 0.3) is 5.69 Å². The molecule has 1 aromatic heterocycles. The zero-order valence-electron chi connectivity index (χ0n) is 15.1. The number of hydrazone groups is 1. The highest BCUT2D eigenvalue weighted by molar-refractivity contribution is 7.80. The number of nitrogens with one attached hydrogen (secondary N) is 2. The van der Waals surface area contributed by atoms with Crippen molar-refractivity contribution in [2.24, 2.45) is 12.1 Å². The smallest absolute Gasteiger partial charge is 0.295 e. The van der Waals surface area contributed by atoms with Gasteiger partial charge in [0.15, 0.2) is 5.11 Å². The summed E-state index contributed by atoms with van der Waals surface area (Å²) in [5.74, 6) is 0. The molecule has 3 aromatic rings. The Morgan fingerprint density at radius 1 is 1.18 bits per heavy atom. The zero-order chi connectivity index (χ0) is 20.3. The second-order valence-corrected chi connectivity index (χ2v) is 7.18. The average molecular weight is 434 g/mol. The first-order chi connectivity index (χ1) is 13.4. The fourth-order valence-corrected chi connectivity index (χ4v) is 3.23. The van der Waals surface area contributed by atoms with Crippen molar-refractivity contribution in [3.8, 4) is 5.69 Å². The van der Waals surface area contributed by atoms with Crippen LogP contribution >= 0.6 is 35.4 Å². The number of anilines is 1. The second kappa shape index (κ2) is 8.60. The highest BCUT2D eigenvalue weighted by Gasteiger charge is 2.16. The lowest BCUT2D eigenvalue weighted by Gasteiger charge is -2.07. The van der Waals surface area contributed by atoms with Gasteiger partial charge in [-0.2, -0.15) is 5.10 Å². The Bertz CT molecular complexity index is 1110. The normalized spacial score (nSPS) is 11.0. The fourth-order valence-electron chi connectivity index (χ4n) is 2.62. The van der Waals surface area contributed by atoms with Gasteiger partial charge in [-0.25, -0.2) is 4.68 Å². The molecule has 2 N–H and O–H groups in total. The van der Waals surface area contributed by atoms with Crippen LogP contribution in [0.1, 0.15) is 11.3 Å². The van der Waals surface area contributed by atoms with Crippen LogP contribution < -0.4 is 16.3 Å². The van der Waals surface area contributed by atoms with E-state index >= 15 is 0 Å². The van der Waals surface area contributed by atoms with E-state index in [4.69, 9.17) is 35.4 Å². The standard InChI is InChI=1S/C19H17Cl2N5OS/c1-12-17(18(27)26(25(12)2)15-6-4-3-5-7-15)23-19(28)24-22-11-13-8-9-14(20)10-16(13)21/h3-11H,1-2H3,(H2,23,24,28). The number of hydrogen-bond acceptors (Lipinski definition) is 3. The Labute approximate surface area is 177 Å². The van der Waals surface area contributed by atoms with E-state index in [1.165, 1.54) is 6.21 Å². The first kappa shape index (κ1) is 20.1. The molecule has 3 rings (SSSR count). The van der Waals surface area contributed by atoms with Crippen LogP contribution in [0, 0.1) is 6.92 Å². The van der Waals surface area contributed by atoms with Crippen LogP contribution in [0.4, 0.5) is 5.69 Å². The summed E-state index contributed by atoms with van der Waals surface area (Å²) in [6.07, 6.45) is 1.52. The summed E-state index contributed by atoms with van der Waals surface area (Å²) in [6, 6.07) is 14.5. The van der Waals surface area contributed by atoms with Gasteiger partial charge in [0.25, 0.3) is 5.56 Å². The zero-order valence-corrected chi connectivity index (χ0v) is 17.4. The number of nitrogens with zero attached hydrogens (tertiary/aromatic N) is 3. The molecule has 0 fully saturated rings. The molecule has 0 aliphatic rings. The molecular weight excluding hydrogens is 417 g/mol. The molecule has 28 heavy (non-hydrogen) atoms. The van der Waals surface area contributed by atoms with Gasteiger partial charge in [-0.15, -0.1) is 0 Å². The van der Waals surface area contributed by atoms with Gasteiger partial charge in [-0.1, -0.05) is 47.5 Å². The summed E-state index contributed by atoms with van der Waals surface area (Å²) in [7, 11) is 1.81. The first-order valence-electron chi connectivity index (χ1n) is 8.27. The highest BCUT2D eigenvalue weighted by Crippen LogP contribution is 2.19. The van der Waals surface area contributed by atoms with Crippen molar-refractivity contribution in [3.05, 3.63) is 80.2 Å². The molecule has 0 unspecified atom stereocenters. The van der Waals surface area contributed by atoms with Gasteiger partial charge in [0.2, 0.25) is 0 Å². The van der Waals surface area contributed by atoms with Crippen LogP contribution in [0.15, 0.2) is 58.4 Å². The Morgan fingerprint density at radius 2 is 1.89 bits per heavy atom. The van der Waals surface area contributed by atoms with Gasteiger partial charge in [0, 0.05) is 17.6 Å². The Balaban J connectivity index is 1.76. The van der Waals surface area contributed by atoms with Crippen LogP contribution in [-0.2, 0) is 7.05 Å². The van der Waals surface area contributed by atoms with Crippen LogP contribution in [0.3, 0.4) is 0 Å². The minimum Gasteiger partial charge on any atom is -0.325 e. The third-order valence-corrected chi connectivity index (χ3v) is 4.88. The van der Waals surface area contributed by atoms with E-state index in [0.717, 1.165) is 11.4 Å². The van der Waals surface area contributed by atoms with Crippen molar-refractivity contribution < 1.29 is 0 Å². The van der Waals surface area contributed by atoms with Gasteiger partial charge in [0.05, 0.1) is 22.6 Å². The van der Waals surface area contributed by atoms with Crippen LogP contribution in [0.5, 0.6) is 0 Å². The number of benzene rings is 2. The lowest BCUT2D eigenvalue weighted by atomic mass is 10.2. The number of para-hydroxylation sites is 1. The van der Waals surface area contributed by atoms with E-state index in [0.29, 0.717) is 21.3 Å². The van der Waals surface area contributed by atoms with Crippen molar-refractivity contribution in [2.75, 3.05) is 5.32 Å². The van der Waals surface area contributed by atoms with E-state index in [9.17, 15) is 4.79 Å². The van der Waals surface area contributed by atoms with Crippen molar-refractivity contribution >= 4 is 52.4 Å². The number of aromatic nitrogens is 2. The van der Waals surface area contributed by atoms with Gasteiger partial charge in [-0.05, 0) is 43.4 Å². The number of rotatable bonds is 4. The molecule has 0 spiro atoms. The largest absolute Gasteiger partial charge is 0.325 e. The molecule has 0 saturated heterocycles. The molecule has 0 aliphatic heterocycles. The van der Waals surface area contributed by atoms with Crippen molar-refractivity contribution in [2.45, 2.75) is 6.92 Å². The third-order valence-electron chi connectivity index (χ3n) is 4.12. The molecule has 9 heteroatoms. The van der Waals surface area contributed by atoms with Crippen molar-refractivity contribution in [1.82, 2.24) is 14.8 Å². The molecule has 144 valence electrons. The number of halogens is 2. The monoisotopic (exact) mass is 433 g/mol. The van der Waals surface area contributed by atoms with Crippen LogP contribution in [-0.4, -0.2) is 20.7 Å². The minimum absolute atomic E-state index is 0.187. The molecule has 0 radical (unpaired) electrons. The first-order valence-corrected chi connectivity index (χ1v) is 9.44. The predicted molar refractivity (Wildman–Crippen MR) is 119 cm³/mol. The van der Waals surface area contributed by atoms with E-state index in [2.05, 4.69) is 15.8 Å². The average Bonchev–Trinajstić information content (AvgIpc) is 2.87. The van der Waals surface area contributed by atoms with Gasteiger partial charge < -0.3 is 5.32 Å². The summed E-state index contributed by atoms with van der Waals surface area (Å²) < 4.78 is 3.33. The summed E-state index contributed by atoms with van der Waals surface area (Å²) in [4.78, 5) is 12.8. The Kier molecular flexibility index (Phi) is 6.18. The second-order valence-electron chi connectivity index (χ2n) is 5.93. The van der Waals surface area contributed by atoms with Crippen molar-refractivity contribution in [1.29, 1.82) is 0 Å². The predicted octanol–water partition coefficient (Wildman–Crippen LogP) is 4.11. The summed E-state index contributed by atoms with van der Waals surface area (Å²) >= 11 is 17.2. The maximum atomic E-state index is 12.8. The topological polar surface area (TPSA) is 63.4 Å². The quantitative estimate of drug-likeness (QED) is 0.369. The third kappa shape index (κ3) is 4.27. The minimum atomic E-state index is -0.208. The van der Waals surface area contributed by atoms with E-state index in [1.807, 2.05) is 44.3 Å². The summed E-state index contributed by atoms with van der Waals surface area (Å²) in [5, 5.41) is 8.17. The van der Waals surface area contributed by atoms with Gasteiger partial charge in [0.1, 0.15) is 5.69 Å². The van der Waals surface area contributed by atoms with Gasteiger partial charge in [-0.3, -0.25) is 14.9 Å². The molecule has 0 amide bonds. The van der Waals surface area contributed by atoms with E-state index in [-0.39, 0.29) is 10.7 Å². The van der Waals surface area contributed by atoms with Gasteiger partial charge >= 0.3 is 0 Å². The maximum absolute atomic E-state index is 12.8. The fraction of sp³-hybridized carbons (Fsp3) is 0.105. The molecule has 6 nitrogen and oxygen atoms in total. The number of thiocarbonyl (C=S) groups is 1. The molecule has 2 aromatic carbocycles. The number of hydrogen-bond donors (Lipinski definition) is 2. The summed E-state index contributed by atoms with van der Waals surface area (Å²) in [5.41, 5.74) is 5.04. The molecule has 1 heterocycles. The molecular formula is C19H17Cl2N5OS. The lowest BCUT2D eigenvalue weighted by Crippen LogP contribution is -2.28. The van der Waals surface area contributed by atoms with Crippen molar-refractivity contribution in [3.63, 3.8) is 0 Å². The SMILES string of the molecule is Cc1c(NC(=S)NN=Cc2ccc(Cl)cc2Cl)c(=O)n(-c2ccccc2)n1C. The molecule has 0 bridgehead atoms. The summed E-state index contributed by atoms with van der Waals surface area (Å²) in [6.45, 7) is 1.84. The Hall–Kier alpha value is -2.61. The van der Waals surface area contributed by atoms with E-state index < -0.39 is 0 Å². The molecule has 0 aliphatic carbocycles. The Morgan fingerprint density at radius 3 is 2.57 bits per heavy atom. The molecule has 0 saturated carbocycles. The van der Waals surface area contributed by atoms with E-state index in [1.54, 1.807) is 27.6 Å². The van der Waals surface area contributed by atoms with Crippen LogP contribution in [0.2, 0.25) is 10.0 Å². The highest BCUT2D eigenvalue weighted by atomic mass is 35.5. The maximum Gasteiger partial charge on any atom is 0.295 e. The molecule has 0 atom stereocenters.